The molecule has 3 aromatic rings. The third kappa shape index (κ3) is 2.98. The molecule has 1 atom stereocenters. The van der Waals surface area contributed by atoms with Gasteiger partial charge >= 0.3 is 7.12 Å². The van der Waals surface area contributed by atoms with Crippen LogP contribution in [0.25, 0.3) is 11.0 Å². The highest BCUT2D eigenvalue weighted by Gasteiger charge is 2.14. The van der Waals surface area contributed by atoms with Crippen molar-refractivity contribution in [2.75, 3.05) is 6.26 Å². The normalized spacial score (nSPS) is 13.7. The maximum atomic E-state index is 12.9. The molecule has 1 aromatic carbocycles. The molecule has 0 aliphatic carbocycles. The van der Waals surface area contributed by atoms with Gasteiger partial charge in [-0.15, -0.1) is 0 Å². The van der Waals surface area contributed by atoms with Crippen molar-refractivity contribution >= 4 is 39.2 Å². The summed E-state index contributed by atoms with van der Waals surface area (Å²) in [6.07, 6.45) is 4.75. The van der Waals surface area contributed by atoms with Gasteiger partial charge in [-0.2, -0.15) is 4.36 Å². The van der Waals surface area contributed by atoms with Gasteiger partial charge in [0.1, 0.15) is 12.0 Å². The fourth-order valence-electron chi connectivity index (χ4n) is 2.25. The van der Waals surface area contributed by atoms with E-state index in [0.717, 1.165) is 5.39 Å². The van der Waals surface area contributed by atoms with Crippen molar-refractivity contribution in [3.8, 4) is 0 Å². The fourth-order valence-corrected chi connectivity index (χ4v) is 3.47. The molecule has 118 valence electrons. The van der Waals surface area contributed by atoms with Gasteiger partial charge in [-0.3, -0.25) is 0 Å². The van der Waals surface area contributed by atoms with Gasteiger partial charge < -0.3 is 14.6 Å². The molecular formula is C14H15BN4O3S. The summed E-state index contributed by atoms with van der Waals surface area (Å²) in [5.74, 6) is 0.370. The Morgan fingerprint density at radius 2 is 1.87 bits per heavy atom. The number of nitrogens with zero attached hydrogens (tertiary/aromatic N) is 4. The van der Waals surface area contributed by atoms with E-state index in [1.165, 1.54) is 24.7 Å². The van der Waals surface area contributed by atoms with Gasteiger partial charge in [-0.05, 0) is 23.7 Å². The van der Waals surface area contributed by atoms with E-state index in [2.05, 4.69) is 14.3 Å². The molecule has 0 aliphatic rings. The van der Waals surface area contributed by atoms with E-state index in [1.807, 2.05) is 23.9 Å². The molecule has 0 saturated carbocycles. The molecule has 3 rings (SSSR count). The molecule has 2 aromatic heterocycles. The molecular weight excluding hydrogens is 315 g/mol. The van der Waals surface area contributed by atoms with Crippen LogP contribution in [0, 0.1) is 0 Å². The average Bonchev–Trinajstić information content (AvgIpc) is 2.90. The number of aromatic nitrogens is 3. The highest BCUT2D eigenvalue weighted by Crippen LogP contribution is 2.25. The molecule has 0 aliphatic heterocycles. The van der Waals surface area contributed by atoms with Crippen LogP contribution >= 0.6 is 0 Å². The summed E-state index contributed by atoms with van der Waals surface area (Å²) in [6, 6.07) is 8.00. The zero-order valence-electron chi connectivity index (χ0n) is 12.6. The summed E-state index contributed by atoms with van der Waals surface area (Å²) in [7, 11) is -2.42. The molecule has 0 spiro atoms. The Kier molecular flexibility index (Phi) is 3.93. The minimum Gasteiger partial charge on any atom is -0.423 e. The lowest BCUT2D eigenvalue weighted by atomic mass is 9.81. The molecule has 1 unspecified atom stereocenters. The van der Waals surface area contributed by atoms with E-state index < -0.39 is 16.8 Å². The Bertz CT molecular complexity index is 975. The molecule has 0 fully saturated rings. The van der Waals surface area contributed by atoms with Gasteiger partial charge in [0, 0.05) is 24.4 Å². The van der Waals surface area contributed by atoms with E-state index in [4.69, 9.17) is 10.0 Å². The van der Waals surface area contributed by atoms with Gasteiger partial charge in [-0.25, -0.2) is 14.2 Å². The van der Waals surface area contributed by atoms with E-state index >= 15 is 0 Å². The summed E-state index contributed by atoms with van der Waals surface area (Å²) < 4.78 is 19.1. The number of hydrogen-bond donors (Lipinski definition) is 2. The summed E-state index contributed by atoms with van der Waals surface area (Å²) >= 11 is 0. The van der Waals surface area contributed by atoms with Crippen molar-refractivity contribution in [1.82, 2.24) is 14.5 Å². The summed E-state index contributed by atoms with van der Waals surface area (Å²) in [5.41, 5.74) is 1.05. The SMILES string of the molecule is Cn1ccc2c(N=S(C)(=O)c3ccc(B(O)O)cc3)ncnc21. The summed E-state index contributed by atoms with van der Waals surface area (Å²) in [5, 5.41) is 19.0. The first-order chi connectivity index (χ1) is 10.9. The largest absolute Gasteiger partial charge is 0.488 e. The molecule has 0 radical (unpaired) electrons. The standard InChI is InChI=1S/C14H15BN4O3S/c1-19-8-7-12-13(16-9-17-14(12)19)18-23(2,22)11-5-3-10(4-6-11)15(20)21/h3-9,20-21H,1-2H3. The van der Waals surface area contributed by atoms with Gasteiger partial charge in [-0.1, -0.05) is 12.1 Å². The first kappa shape index (κ1) is 15.7. The van der Waals surface area contributed by atoms with Crippen LogP contribution in [0.1, 0.15) is 0 Å². The molecule has 9 heteroatoms. The quantitative estimate of drug-likeness (QED) is 0.679. The van der Waals surface area contributed by atoms with Crippen molar-refractivity contribution < 1.29 is 14.3 Å². The second kappa shape index (κ2) is 5.76. The van der Waals surface area contributed by atoms with Crippen LogP contribution < -0.4 is 5.46 Å². The lowest BCUT2D eigenvalue weighted by Gasteiger charge is -2.06. The minimum absolute atomic E-state index is 0.330. The van der Waals surface area contributed by atoms with E-state index in [0.29, 0.717) is 21.8 Å². The van der Waals surface area contributed by atoms with Crippen LogP contribution in [0.4, 0.5) is 5.82 Å². The van der Waals surface area contributed by atoms with Crippen LogP contribution in [0.3, 0.4) is 0 Å². The Labute approximate surface area is 134 Å². The first-order valence-electron chi connectivity index (χ1n) is 6.83. The van der Waals surface area contributed by atoms with Crippen molar-refractivity contribution in [1.29, 1.82) is 0 Å². The van der Waals surface area contributed by atoms with Gasteiger partial charge in [0.25, 0.3) is 0 Å². The second-order valence-electron chi connectivity index (χ2n) is 5.20. The van der Waals surface area contributed by atoms with E-state index in [-0.39, 0.29) is 0 Å². The monoisotopic (exact) mass is 330 g/mol. The Morgan fingerprint density at radius 1 is 1.17 bits per heavy atom. The van der Waals surface area contributed by atoms with Crippen molar-refractivity contribution in [3.05, 3.63) is 42.9 Å². The molecule has 0 amide bonds. The maximum absolute atomic E-state index is 12.9. The Morgan fingerprint density at radius 3 is 2.52 bits per heavy atom. The van der Waals surface area contributed by atoms with Gasteiger partial charge in [0.15, 0.2) is 5.82 Å². The van der Waals surface area contributed by atoms with Gasteiger partial charge in [0.2, 0.25) is 0 Å². The van der Waals surface area contributed by atoms with Gasteiger partial charge in [0.05, 0.1) is 15.1 Å². The molecule has 0 bridgehead atoms. The number of hydrogen-bond acceptors (Lipinski definition) is 6. The van der Waals surface area contributed by atoms with Crippen molar-refractivity contribution in [2.24, 2.45) is 11.4 Å². The lowest BCUT2D eigenvalue weighted by molar-refractivity contribution is 0.425. The molecule has 2 N–H and O–H groups in total. The molecule has 0 saturated heterocycles. The van der Waals surface area contributed by atoms with Crippen molar-refractivity contribution in [3.63, 3.8) is 0 Å². The van der Waals surface area contributed by atoms with Crippen molar-refractivity contribution in [2.45, 2.75) is 4.90 Å². The minimum atomic E-state index is -2.73. The average molecular weight is 330 g/mol. The highest BCUT2D eigenvalue weighted by atomic mass is 32.2. The van der Waals surface area contributed by atoms with Crippen LogP contribution in [0.5, 0.6) is 0 Å². The molecule has 23 heavy (non-hydrogen) atoms. The maximum Gasteiger partial charge on any atom is 0.488 e. The first-order valence-corrected chi connectivity index (χ1v) is 8.75. The predicted molar refractivity (Wildman–Crippen MR) is 89.2 cm³/mol. The second-order valence-corrected chi connectivity index (χ2v) is 7.46. The third-order valence-corrected chi connectivity index (χ3v) is 5.19. The zero-order valence-corrected chi connectivity index (χ0v) is 13.4. The molecule has 2 heterocycles. The summed E-state index contributed by atoms with van der Waals surface area (Å²) in [4.78, 5) is 8.80. The van der Waals surface area contributed by atoms with Crippen LogP contribution in [-0.4, -0.2) is 42.2 Å². The Balaban J connectivity index is 2.10. The predicted octanol–water partition coefficient (Wildman–Crippen LogP) is 0.437. The smallest absolute Gasteiger partial charge is 0.423 e. The lowest BCUT2D eigenvalue weighted by Crippen LogP contribution is -2.29. The number of benzene rings is 1. The fraction of sp³-hybridized carbons (Fsp3) is 0.143. The van der Waals surface area contributed by atoms with E-state index in [9.17, 15) is 4.21 Å². The third-order valence-electron chi connectivity index (χ3n) is 3.52. The number of aryl methyl sites for hydroxylation is 1. The van der Waals surface area contributed by atoms with Crippen LogP contribution in [0.15, 0.2) is 52.1 Å². The molecule has 7 nitrogen and oxygen atoms in total. The number of rotatable bonds is 3. The van der Waals surface area contributed by atoms with Crippen LogP contribution in [-0.2, 0) is 16.8 Å². The van der Waals surface area contributed by atoms with E-state index in [1.54, 1.807) is 12.1 Å². The topological polar surface area (TPSA) is 101 Å². The summed E-state index contributed by atoms with van der Waals surface area (Å²) in [6.45, 7) is 0. The number of fused-ring (bicyclic) bond motifs is 1. The Hall–Kier alpha value is -2.23. The highest BCUT2D eigenvalue weighted by molar-refractivity contribution is 7.93. The van der Waals surface area contributed by atoms with Crippen LogP contribution in [0.2, 0.25) is 0 Å². The zero-order chi connectivity index (χ0) is 16.6.